The number of aryl methyl sites for hydroxylation is 1. The molecule has 1 heterocycles. The molecule has 0 unspecified atom stereocenters. The molecule has 0 radical (unpaired) electrons. The van der Waals surface area contributed by atoms with Crippen molar-refractivity contribution in [3.8, 4) is 0 Å². The largest absolute Gasteiger partial charge is 0.389 e. The van der Waals surface area contributed by atoms with Gasteiger partial charge in [-0.05, 0) is 43.5 Å². The molecule has 0 saturated heterocycles. The van der Waals surface area contributed by atoms with Crippen molar-refractivity contribution in [3.05, 3.63) is 40.7 Å². The van der Waals surface area contributed by atoms with Gasteiger partial charge < -0.3 is 14.7 Å². The Balaban J connectivity index is 2.27. The van der Waals surface area contributed by atoms with Crippen molar-refractivity contribution >= 4 is 5.69 Å². The zero-order valence-corrected chi connectivity index (χ0v) is 12.3. The van der Waals surface area contributed by atoms with Crippen molar-refractivity contribution < 1.29 is 14.2 Å². The Bertz CT molecular complexity index is 511. The lowest BCUT2D eigenvalue weighted by Crippen LogP contribution is -2.30. The number of anilines is 1. The molecule has 0 fully saturated rings. The van der Waals surface area contributed by atoms with Crippen LogP contribution in [0.2, 0.25) is 0 Å². The molecule has 0 bridgehead atoms. The molecule has 1 aliphatic heterocycles. The highest BCUT2D eigenvalue weighted by molar-refractivity contribution is 5.58. The number of nitrogens with zero attached hydrogens (tertiary/aromatic N) is 1. The van der Waals surface area contributed by atoms with Gasteiger partial charge in [-0.25, -0.2) is 4.39 Å². The van der Waals surface area contributed by atoms with Crippen LogP contribution in [0.4, 0.5) is 10.1 Å². The first-order chi connectivity index (χ1) is 9.52. The van der Waals surface area contributed by atoms with Crippen molar-refractivity contribution in [2.75, 3.05) is 31.7 Å². The summed E-state index contributed by atoms with van der Waals surface area (Å²) < 4.78 is 18.8. The highest BCUT2D eigenvalue weighted by Gasteiger charge is 2.19. The summed E-state index contributed by atoms with van der Waals surface area (Å²) in [5.74, 6) is -0.266. The summed E-state index contributed by atoms with van der Waals surface area (Å²) in [7, 11) is 1.70. The molecule has 0 saturated carbocycles. The number of aliphatic hydroxyl groups excluding tert-OH is 1. The van der Waals surface area contributed by atoms with Crippen LogP contribution >= 0.6 is 0 Å². The third-order valence-electron chi connectivity index (χ3n) is 3.73. The Morgan fingerprint density at radius 3 is 2.75 bits per heavy atom. The van der Waals surface area contributed by atoms with Crippen molar-refractivity contribution in [1.82, 2.24) is 0 Å². The lowest BCUT2D eigenvalue weighted by molar-refractivity contribution is 0.199. The molecular weight excluding hydrogens is 257 g/mol. The standard InChI is InChI=1S/C16H22FNO2/c1-11-8-16(14(12(2)19)9-15(11)17)18-6-4-13(5-7-18)10-20-3/h4,8-9,12,19H,5-7,10H2,1-3H3/t12-/m0/s1. The highest BCUT2D eigenvalue weighted by Crippen LogP contribution is 2.31. The van der Waals surface area contributed by atoms with Crippen LogP contribution in [0.1, 0.15) is 30.6 Å². The zero-order valence-electron chi connectivity index (χ0n) is 12.3. The number of rotatable bonds is 4. The van der Waals surface area contributed by atoms with Crippen LogP contribution in [0.3, 0.4) is 0 Å². The fraction of sp³-hybridized carbons (Fsp3) is 0.500. The third kappa shape index (κ3) is 3.19. The number of aliphatic hydroxyl groups is 1. The van der Waals surface area contributed by atoms with Gasteiger partial charge >= 0.3 is 0 Å². The maximum absolute atomic E-state index is 13.7. The molecule has 0 aromatic heterocycles. The van der Waals surface area contributed by atoms with Crippen molar-refractivity contribution in [2.45, 2.75) is 26.4 Å². The summed E-state index contributed by atoms with van der Waals surface area (Å²) in [4.78, 5) is 2.17. The smallest absolute Gasteiger partial charge is 0.126 e. The minimum absolute atomic E-state index is 0.266. The molecule has 1 atom stereocenters. The molecule has 110 valence electrons. The Kier molecular flexibility index (Phi) is 4.78. The first-order valence-corrected chi connectivity index (χ1v) is 6.92. The van der Waals surface area contributed by atoms with Gasteiger partial charge in [0.2, 0.25) is 0 Å². The number of methoxy groups -OCH3 is 1. The minimum Gasteiger partial charge on any atom is -0.389 e. The SMILES string of the molecule is COCC1=CCN(c2cc(C)c(F)cc2[C@H](C)O)CC1. The molecule has 3 nitrogen and oxygen atoms in total. The van der Waals surface area contributed by atoms with E-state index in [0.29, 0.717) is 17.7 Å². The molecule has 1 aromatic carbocycles. The summed E-state index contributed by atoms with van der Waals surface area (Å²) in [6.07, 6.45) is 2.41. The van der Waals surface area contributed by atoms with Crippen molar-refractivity contribution in [1.29, 1.82) is 0 Å². The van der Waals surface area contributed by atoms with Crippen molar-refractivity contribution in [2.24, 2.45) is 0 Å². The number of benzene rings is 1. The van der Waals surface area contributed by atoms with Gasteiger partial charge in [0.15, 0.2) is 0 Å². The second kappa shape index (κ2) is 6.37. The maximum Gasteiger partial charge on any atom is 0.126 e. The van der Waals surface area contributed by atoms with Crippen LogP contribution in [0.25, 0.3) is 0 Å². The summed E-state index contributed by atoms with van der Waals surface area (Å²) in [6, 6.07) is 3.27. The molecule has 20 heavy (non-hydrogen) atoms. The zero-order chi connectivity index (χ0) is 14.7. The van der Waals surface area contributed by atoms with Crippen LogP contribution in [0, 0.1) is 12.7 Å². The predicted molar refractivity (Wildman–Crippen MR) is 78.6 cm³/mol. The Morgan fingerprint density at radius 2 is 2.20 bits per heavy atom. The topological polar surface area (TPSA) is 32.7 Å². The number of halogens is 1. The van der Waals surface area contributed by atoms with E-state index >= 15 is 0 Å². The van der Waals surface area contributed by atoms with Crippen LogP contribution in [0.5, 0.6) is 0 Å². The molecule has 1 aromatic rings. The fourth-order valence-corrected chi connectivity index (χ4v) is 2.54. The van der Waals surface area contributed by atoms with Crippen LogP contribution < -0.4 is 4.90 Å². The van der Waals surface area contributed by atoms with Gasteiger partial charge in [-0.3, -0.25) is 0 Å². The van der Waals surface area contributed by atoms with E-state index in [1.54, 1.807) is 21.0 Å². The summed E-state index contributed by atoms with van der Waals surface area (Å²) in [5.41, 5.74) is 3.47. The lowest BCUT2D eigenvalue weighted by atomic mass is 10.0. The van der Waals surface area contributed by atoms with E-state index in [0.717, 1.165) is 25.2 Å². The quantitative estimate of drug-likeness (QED) is 0.860. The Labute approximate surface area is 119 Å². The average Bonchev–Trinajstić information content (AvgIpc) is 2.42. The van der Waals surface area contributed by atoms with Gasteiger partial charge in [0.05, 0.1) is 12.7 Å². The molecule has 0 spiro atoms. The minimum atomic E-state index is -0.676. The first kappa shape index (κ1) is 15.0. The lowest BCUT2D eigenvalue weighted by Gasteiger charge is -2.31. The third-order valence-corrected chi connectivity index (χ3v) is 3.73. The Morgan fingerprint density at radius 1 is 1.45 bits per heavy atom. The van der Waals surface area contributed by atoms with E-state index in [4.69, 9.17) is 4.74 Å². The molecule has 1 N–H and O–H groups in total. The van der Waals surface area contributed by atoms with E-state index in [-0.39, 0.29) is 5.82 Å². The number of hydrogen-bond acceptors (Lipinski definition) is 3. The van der Waals surface area contributed by atoms with E-state index in [1.807, 2.05) is 6.07 Å². The van der Waals surface area contributed by atoms with E-state index in [1.165, 1.54) is 11.6 Å². The molecule has 0 aliphatic carbocycles. The molecular formula is C16H22FNO2. The van der Waals surface area contributed by atoms with Crippen LogP contribution in [0.15, 0.2) is 23.8 Å². The van der Waals surface area contributed by atoms with Gasteiger partial charge in [0, 0.05) is 31.5 Å². The van der Waals surface area contributed by atoms with Crippen molar-refractivity contribution in [3.63, 3.8) is 0 Å². The molecule has 4 heteroatoms. The molecule has 0 amide bonds. The average molecular weight is 279 g/mol. The van der Waals surface area contributed by atoms with Gasteiger partial charge in [0.1, 0.15) is 5.82 Å². The second-order valence-corrected chi connectivity index (χ2v) is 5.33. The van der Waals surface area contributed by atoms with E-state index < -0.39 is 6.10 Å². The first-order valence-electron chi connectivity index (χ1n) is 6.92. The molecule has 2 rings (SSSR count). The normalized spacial score (nSPS) is 17.1. The highest BCUT2D eigenvalue weighted by atomic mass is 19.1. The predicted octanol–water partition coefficient (Wildman–Crippen LogP) is 2.97. The van der Waals surface area contributed by atoms with E-state index in [9.17, 15) is 9.50 Å². The van der Waals surface area contributed by atoms with Gasteiger partial charge in [-0.2, -0.15) is 0 Å². The van der Waals surface area contributed by atoms with Gasteiger partial charge in [0.25, 0.3) is 0 Å². The van der Waals surface area contributed by atoms with Crippen LogP contribution in [-0.2, 0) is 4.74 Å². The van der Waals surface area contributed by atoms with Gasteiger partial charge in [-0.1, -0.05) is 6.08 Å². The summed E-state index contributed by atoms with van der Waals surface area (Å²) in [5, 5.41) is 9.86. The van der Waals surface area contributed by atoms with E-state index in [2.05, 4.69) is 11.0 Å². The monoisotopic (exact) mass is 279 g/mol. The number of ether oxygens (including phenoxy) is 1. The molecule has 1 aliphatic rings. The fourth-order valence-electron chi connectivity index (χ4n) is 2.54. The Hall–Kier alpha value is -1.39. The number of hydrogen-bond donors (Lipinski definition) is 1. The summed E-state index contributed by atoms with van der Waals surface area (Å²) in [6.45, 7) is 5.72. The van der Waals surface area contributed by atoms with Gasteiger partial charge in [-0.15, -0.1) is 0 Å². The maximum atomic E-state index is 13.7. The van der Waals surface area contributed by atoms with Crippen LogP contribution in [-0.4, -0.2) is 31.9 Å². The summed E-state index contributed by atoms with van der Waals surface area (Å²) >= 11 is 0. The second-order valence-electron chi connectivity index (χ2n) is 5.33.